The average molecular weight is 426 g/mol. The number of amides is 1. The number of carbonyl (C=O) groups excluding carboxylic acids is 1. The summed E-state index contributed by atoms with van der Waals surface area (Å²) in [6.07, 6.45) is 0. The lowest BCUT2D eigenvalue weighted by atomic mass is 10.2. The van der Waals surface area contributed by atoms with Crippen molar-refractivity contribution < 1.29 is 9.18 Å². The third-order valence-electron chi connectivity index (χ3n) is 5.17. The summed E-state index contributed by atoms with van der Waals surface area (Å²) in [6.45, 7) is 2.99. The number of para-hydroxylation sites is 1. The molecule has 31 heavy (non-hydrogen) atoms. The van der Waals surface area contributed by atoms with E-state index >= 15 is 0 Å². The van der Waals surface area contributed by atoms with Gasteiger partial charge in [-0.15, -0.1) is 0 Å². The Hall–Kier alpha value is -3.26. The molecule has 0 fully saturated rings. The fourth-order valence-electron chi connectivity index (χ4n) is 3.51. The van der Waals surface area contributed by atoms with Crippen LogP contribution in [-0.4, -0.2) is 52.0 Å². The summed E-state index contributed by atoms with van der Waals surface area (Å²) in [5.41, 5.74) is 0.214. The van der Waals surface area contributed by atoms with E-state index < -0.39 is 5.69 Å². The van der Waals surface area contributed by atoms with E-state index in [1.807, 2.05) is 19.0 Å². The third-order valence-corrected chi connectivity index (χ3v) is 5.17. The van der Waals surface area contributed by atoms with Gasteiger partial charge in [-0.2, -0.15) is 0 Å². The molecular weight excluding hydrogens is 399 g/mol. The van der Waals surface area contributed by atoms with Gasteiger partial charge in [0.05, 0.1) is 10.9 Å². The van der Waals surface area contributed by atoms with E-state index in [0.29, 0.717) is 29.6 Å². The van der Waals surface area contributed by atoms with Crippen molar-refractivity contribution >= 4 is 16.8 Å². The number of fused-ring (bicyclic) bond motifs is 1. The number of carbonyl (C=O) groups is 1. The van der Waals surface area contributed by atoms with Gasteiger partial charge in [0.1, 0.15) is 12.4 Å². The van der Waals surface area contributed by atoms with E-state index in [4.69, 9.17) is 0 Å². The topological polar surface area (TPSA) is 67.6 Å². The maximum atomic E-state index is 13.6. The average Bonchev–Trinajstić information content (AvgIpc) is 2.74. The highest BCUT2D eigenvalue weighted by atomic mass is 19.1. The van der Waals surface area contributed by atoms with Gasteiger partial charge in [-0.3, -0.25) is 18.7 Å². The zero-order chi connectivity index (χ0) is 22.5. The van der Waals surface area contributed by atoms with Gasteiger partial charge in [-0.1, -0.05) is 24.3 Å². The maximum absolute atomic E-state index is 13.6. The molecule has 1 aromatic heterocycles. The van der Waals surface area contributed by atoms with Crippen molar-refractivity contribution in [3.8, 4) is 0 Å². The number of hydrogen-bond donors (Lipinski definition) is 0. The maximum Gasteiger partial charge on any atom is 0.331 e. The third kappa shape index (κ3) is 5.08. The molecule has 1 amide bonds. The smallest absolute Gasteiger partial charge is 0.331 e. The molecule has 0 atom stereocenters. The molecule has 0 bridgehead atoms. The summed E-state index contributed by atoms with van der Waals surface area (Å²) in [5.74, 6) is -0.644. The highest BCUT2D eigenvalue weighted by Gasteiger charge is 2.19. The van der Waals surface area contributed by atoms with Crippen LogP contribution in [0.5, 0.6) is 0 Å². The standard InChI is InChI=1S/C23H27FN4O3/c1-4-27-22(30)19-10-5-6-11-20(19)28(23(27)31)16-21(29)26(13-12-25(2)3)15-17-8-7-9-18(24)14-17/h5-11,14H,4,12-13,15-16H2,1-3H3. The highest BCUT2D eigenvalue weighted by Crippen LogP contribution is 2.11. The van der Waals surface area contributed by atoms with Crippen molar-refractivity contribution in [1.29, 1.82) is 0 Å². The summed E-state index contributed by atoms with van der Waals surface area (Å²) in [7, 11) is 3.81. The minimum absolute atomic E-state index is 0.206. The Labute approximate surface area is 179 Å². The second-order valence-corrected chi connectivity index (χ2v) is 7.68. The quantitative estimate of drug-likeness (QED) is 0.552. The predicted molar refractivity (Wildman–Crippen MR) is 119 cm³/mol. The zero-order valence-corrected chi connectivity index (χ0v) is 18.0. The highest BCUT2D eigenvalue weighted by molar-refractivity contribution is 5.81. The van der Waals surface area contributed by atoms with Crippen LogP contribution in [0.4, 0.5) is 4.39 Å². The Morgan fingerprint density at radius 1 is 1.00 bits per heavy atom. The van der Waals surface area contributed by atoms with Gasteiger partial charge in [0.2, 0.25) is 5.91 Å². The van der Waals surface area contributed by atoms with Gasteiger partial charge in [0, 0.05) is 26.2 Å². The Morgan fingerprint density at radius 2 is 1.74 bits per heavy atom. The molecule has 1 heterocycles. The minimum atomic E-state index is -0.516. The Balaban J connectivity index is 1.98. The first kappa shape index (κ1) is 22.4. The molecule has 0 aliphatic heterocycles. The molecule has 0 saturated heterocycles. The molecule has 0 N–H and O–H groups in total. The number of hydrogen-bond acceptors (Lipinski definition) is 4. The molecule has 3 rings (SSSR count). The van der Waals surface area contributed by atoms with E-state index in [1.54, 1.807) is 48.2 Å². The number of rotatable bonds is 8. The molecule has 0 saturated carbocycles. The molecule has 0 radical (unpaired) electrons. The Bertz CT molecular complexity index is 1200. The first-order chi connectivity index (χ1) is 14.8. The van der Waals surface area contributed by atoms with Gasteiger partial charge in [0.15, 0.2) is 0 Å². The monoisotopic (exact) mass is 426 g/mol. The van der Waals surface area contributed by atoms with Crippen molar-refractivity contribution in [3.05, 3.63) is 80.7 Å². The van der Waals surface area contributed by atoms with Crippen molar-refractivity contribution in [2.75, 3.05) is 27.2 Å². The van der Waals surface area contributed by atoms with Gasteiger partial charge in [-0.25, -0.2) is 9.18 Å². The van der Waals surface area contributed by atoms with Crippen LogP contribution in [0, 0.1) is 5.82 Å². The van der Waals surface area contributed by atoms with E-state index in [0.717, 1.165) is 4.57 Å². The summed E-state index contributed by atoms with van der Waals surface area (Å²) in [6, 6.07) is 12.9. The van der Waals surface area contributed by atoms with Crippen LogP contribution in [0.15, 0.2) is 58.1 Å². The largest absolute Gasteiger partial charge is 0.336 e. The molecule has 2 aromatic carbocycles. The van der Waals surface area contributed by atoms with Gasteiger partial charge in [-0.05, 0) is 50.8 Å². The minimum Gasteiger partial charge on any atom is -0.336 e. The van der Waals surface area contributed by atoms with Crippen LogP contribution in [0.2, 0.25) is 0 Å². The fourth-order valence-corrected chi connectivity index (χ4v) is 3.51. The normalized spacial score (nSPS) is 11.3. The summed E-state index contributed by atoms with van der Waals surface area (Å²) < 4.78 is 16.1. The van der Waals surface area contributed by atoms with Crippen LogP contribution in [0.3, 0.4) is 0 Å². The number of likely N-dealkylation sites (N-methyl/N-ethyl adjacent to an activating group) is 1. The summed E-state index contributed by atoms with van der Waals surface area (Å²) in [5, 5.41) is 0.390. The van der Waals surface area contributed by atoms with E-state index in [-0.39, 0.29) is 36.9 Å². The summed E-state index contributed by atoms with van der Waals surface area (Å²) in [4.78, 5) is 42.4. The lowest BCUT2D eigenvalue weighted by Crippen LogP contribution is -2.44. The van der Waals surface area contributed by atoms with Crippen molar-refractivity contribution in [2.24, 2.45) is 0 Å². The van der Waals surface area contributed by atoms with E-state index in [1.165, 1.54) is 16.7 Å². The first-order valence-electron chi connectivity index (χ1n) is 10.2. The molecule has 164 valence electrons. The van der Waals surface area contributed by atoms with Crippen LogP contribution >= 0.6 is 0 Å². The van der Waals surface area contributed by atoms with E-state index in [9.17, 15) is 18.8 Å². The second kappa shape index (κ2) is 9.70. The van der Waals surface area contributed by atoms with Gasteiger partial charge in [0.25, 0.3) is 5.56 Å². The molecule has 0 aliphatic rings. The lowest BCUT2D eigenvalue weighted by Gasteiger charge is -2.25. The molecule has 0 unspecified atom stereocenters. The van der Waals surface area contributed by atoms with Crippen LogP contribution in [-0.2, 0) is 24.4 Å². The van der Waals surface area contributed by atoms with E-state index in [2.05, 4.69) is 0 Å². The second-order valence-electron chi connectivity index (χ2n) is 7.68. The molecule has 7 nitrogen and oxygen atoms in total. The molecule has 0 spiro atoms. The number of halogens is 1. The molecule has 0 aliphatic carbocycles. The number of benzene rings is 2. The Kier molecular flexibility index (Phi) is 7.02. The van der Waals surface area contributed by atoms with Crippen molar-refractivity contribution in [1.82, 2.24) is 18.9 Å². The van der Waals surface area contributed by atoms with Gasteiger partial charge >= 0.3 is 5.69 Å². The fraction of sp³-hybridized carbons (Fsp3) is 0.348. The van der Waals surface area contributed by atoms with Crippen LogP contribution < -0.4 is 11.2 Å². The zero-order valence-electron chi connectivity index (χ0n) is 18.0. The first-order valence-corrected chi connectivity index (χ1v) is 10.2. The molecule has 8 heteroatoms. The number of nitrogens with zero attached hydrogens (tertiary/aromatic N) is 4. The van der Waals surface area contributed by atoms with Crippen molar-refractivity contribution in [3.63, 3.8) is 0 Å². The lowest BCUT2D eigenvalue weighted by molar-refractivity contribution is -0.132. The predicted octanol–water partition coefficient (Wildman–Crippen LogP) is 1.91. The number of aromatic nitrogens is 2. The SMILES string of the molecule is CCn1c(=O)c2ccccc2n(CC(=O)N(CCN(C)C)Cc2cccc(F)c2)c1=O. The Morgan fingerprint density at radius 3 is 2.42 bits per heavy atom. The van der Waals surface area contributed by atoms with Crippen LogP contribution in [0.1, 0.15) is 12.5 Å². The molecule has 3 aromatic rings. The van der Waals surface area contributed by atoms with Crippen molar-refractivity contribution in [2.45, 2.75) is 26.6 Å². The van der Waals surface area contributed by atoms with Crippen LogP contribution in [0.25, 0.3) is 10.9 Å². The molecular formula is C23H27FN4O3. The van der Waals surface area contributed by atoms with Gasteiger partial charge < -0.3 is 9.80 Å². The summed E-state index contributed by atoms with van der Waals surface area (Å²) >= 11 is 0.